The third-order valence-corrected chi connectivity index (χ3v) is 4.08. The van der Waals surface area contributed by atoms with Crippen LogP contribution in [0.5, 0.6) is 0 Å². The van der Waals surface area contributed by atoms with Crippen LogP contribution in [0, 0.1) is 5.92 Å². The number of nitrogens with zero attached hydrogens (tertiary/aromatic N) is 2. The van der Waals surface area contributed by atoms with Gasteiger partial charge >= 0.3 is 6.03 Å². The predicted molar refractivity (Wildman–Crippen MR) is 73.0 cm³/mol. The van der Waals surface area contributed by atoms with Gasteiger partial charge in [0.25, 0.3) is 0 Å². The molecule has 2 aliphatic heterocycles. The number of carbonyl (C=O) groups excluding carboxylic acids is 1. The van der Waals surface area contributed by atoms with Gasteiger partial charge in [-0.15, -0.1) is 0 Å². The van der Waals surface area contributed by atoms with Crippen molar-refractivity contribution in [3.05, 3.63) is 0 Å². The summed E-state index contributed by atoms with van der Waals surface area (Å²) in [5, 5.41) is 8.74. The topological polar surface area (TPSA) is 53.0 Å². The van der Waals surface area contributed by atoms with E-state index >= 15 is 0 Å². The number of rotatable bonds is 3. The highest BCUT2D eigenvalue weighted by molar-refractivity contribution is 5.74. The maximum absolute atomic E-state index is 12.4. The summed E-state index contributed by atoms with van der Waals surface area (Å²) in [5.41, 5.74) is 0. The van der Waals surface area contributed by atoms with Crippen LogP contribution in [0.15, 0.2) is 0 Å². The van der Waals surface area contributed by atoms with E-state index in [2.05, 4.69) is 6.92 Å². The molecule has 2 saturated heterocycles. The van der Waals surface area contributed by atoms with Crippen molar-refractivity contribution in [2.75, 3.05) is 39.4 Å². The van der Waals surface area contributed by atoms with Crippen LogP contribution in [0.4, 0.5) is 4.79 Å². The molecule has 0 radical (unpaired) electrons. The molecule has 2 amide bonds. The van der Waals surface area contributed by atoms with Gasteiger partial charge in [-0.1, -0.05) is 6.92 Å². The third kappa shape index (κ3) is 4.08. The SMILES string of the molecule is CC1CCCN(C(=O)N2CCC(OCCO)CC2)C1. The molecule has 19 heavy (non-hydrogen) atoms. The molecule has 0 bridgehead atoms. The fraction of sp³-hybridized carbons (Fsp3) is 0.929. The van der Waals surface area contributed by atoms with Crippen LogP contribution in [0.3, 0.4) is 0 Å². The summed E-state index contributed by atoms with van der Waals surface area (Å²) in [6.07, 6.45) is 4.34. The molecule has 5 heteroatoms. The lowest BCUT2D eigenvalue weighted by Gasteiger charge is -2.38. The maximum atomic E-state index is 12.4. The Balaban J connectivity index is 1.75. The highest BCUT2D eigenvalue weighted by Crippen LogP contribution is 2.20. The molecule has 0 aromatic rings. The van der Waals surface area contributed by atoms with Crippen molar-refractivity contribution in [1.29, 1.82) is 0 Å². The largest absolute Gasteiger partial charge is 0.394 e. The Morgan fingerprint density at radius 2 is 1.95 bits per heavy atom. The van der Waals surface area contributed by atoms with Gasteiger partial charge in [-0.05, 0) is 31.6 Å². The Hall–Kier alpha value is -0.810. The lowest BCUT2D eigenvalue weighted by Crippen LogP contribution is -2.50. The number of hydrogen-bond acceptors (Lipinski definition) is 3. The van der Waals surface area contributed by atoms with Crippen LogP contribution in [0.2, 0.25) is 0 Å². The van der Waals surface area contributed by atoms with Gasteiger partial charge in [0.1, 0.15) is 0 Å². The van der Waals surface area contributed by atoms with Crippen molar-refractivity contribution in [3.63, 3.8) is 0 Å². The average Bonchev–Trinajstić information content (AvgIpc) is 2.45. The van der Waals surface area contributed by atoms with Crippen molar-refractivity contribution in [3.8, 4) is 0 Å². The molecule has 2 rings (SSSR count). The van der Waals surface area contributed by atoms with Gasteiger partial charge in [0.05, 0.1) is 19.3 Å². The van der Waals surface area contributed by atoms with Gasteiger partial charge in [0.15, 0.2) is 0 Å². The van der Waals surface area contributed by atoms with E-state index in [9.17, 15) is 4.79 Å². The third-order valence-electron chi connectivity index (χ3n) is 4.08. The van der Waals surface area contributed by atoms with Gasteiger partial charge in [0.2, 0.25) is 0 Å². The second-order valence-electron chi connectivity index (χ2n) is 5.76. The van der Waals surface area contributed by atoms with Gasteiger partial charge in [-0.2, -0.15) is 0 Å². The van der Waals surface area contributed by atoms with Crippen LogP contribution in [0.25, 0.3) is 0 Å². The van der Waals surface area contributed by atoms with Gasteiger partial charge < -0.3 is 19.6 Å². The molecular formula is C14H26N2O3. The van der Waals surface area contributed by atoms with E-state index < -0.39 is 0 Å². The second-order valence-corrected chi connectivity index (χ2v) is 5.76. The standard InChI is InChI=1S/C14H26N2O3/c1-12-3-2-6-16(11-12)14(18)15-7-4-13(5-8-15)19-10-9-17/h12-13,17H,2-11H2,1H3. The Labute approximate surface area is 115 Å². The molecular weight excluding hydrogens is 244 g/mol. The minimum atomic E-state index is 0.0742. The van der Waals surface area contributed by atoms with Crippen molar-refractivity contribution in [2.24, 2.45) is 5.92 Å². The van der Waals surface area contributed by atoms with Crippen LogP contribution >= 0.6 is 0 Å². The van der Waals surface area contributed by atoms with E-state index in [1.165, 1.54) is 6.42 Å². The predicted octanol–water partition coefficient (Wildman–Crippen LogP) is 1.31. The number of aliphatic hydroxyl groups excluding tert-OH is 1. The second kappa shape index (κ2) is 7.10. The molecule has 1 unspecified atom stereocenters. The van der Waals surface area contributed by atoms with Crippen LogP contribution < -0.4 is 0 Å². The van der Waals surface area contributed by atoms with E-state index in [4.69, 9.17) is 9.84 Å². The van der Waals surface area contributed by atoms with Gasteiger partial charge in [-0.25, -0.2) is 4.79 Å². The molecule has 0 aliphatic carbocycles. The summed E-state index contributed by atoms with van der Waals surface area (Å²) in [6.45, 7) is 6.06. The first-order valence-electron chi connectivity index (χ1n) is 7.47. The van der Waals surface area contributed by atoms with Crippen molar-refractivity contribution in [1.82, 2.24) is 9.80 Å². The Morgan fingerprint density at radius 1 is 1.21 bits per heavy atom. The average molecular weight is 270 g/mol. The molecule has 2 heterocycles. The molecule has 5 nitrogen and oxygen atoms in total. The minimum absolute atomic E-state index is 0.0742. The van der Waals surface area contributed by atoms with Gasteiger partial charge in [-0.3, -0.25) is 0 Å². The number of amides is 2. The zero-order valence-electron chi connectivity index (χ0n) is 11.9. The number of aliphatic hydroxyl groups is 1. The minimum Gasteiger partial charge on any atom is -0.394 e. The highest BCUT2D eigenvalue weighted by atomic mass is 16.5. The molecule has 0 aromatic carbocycles. The Kier molecular flexibility index (Phi) is 5.45. The zero-order chi connectivity index (χ0) is 13.7. The number of piperidine rings is 2. The Morgan fingerprint density at radius 3 is 2.58 bits per heavy atom. The Bertz CT molecular complexity index is 290. The lowest BCUT2D eigenvalue weighted by molar-refractivity contribution is -0.00468. The monoisotopic (exact) mass is 270 g/mol. The molecule has 1 N–H and O–H groups in total. The normalized spacial score (nSPS) is 25.7. The van der Waals surface area contributed by atoms with Crippen LogP contribution in [-0.4, -0.2) is 66.4 Å². The molecule has 0 saturated carbocycles. The zero-order valence-corrected chi connectivity index (χ0v) is 11.9. The summed E-state index contributed by atoms with van der Waals surface area (Å²) in [7, 11) is 0. The van der Waals surface area contributed by atoms with Crippen LogP contribution in [0.1, 0.15) is 32.6 Å². The fourth-order valence-electron chi connectivity index (χ4n) is 3.00. The van der Waals surface area contributed by atoms with E-state index in [-0.39, 0.29) is 18.7 Å². The highest BCUT2D eigenvalue weighted by Gasteiger charge is 2.28. The summed E-state index contributed by atoms with van der Waals surface area (Å²) >= 11 is 0. The molecule has 1 atom stereocenters. The molecule has 2 aliphatic rings. The maximum Gasteiger partial charge on any atom is 0.320 e. The molecule has 2 fully saturated rings. The number of carbonyl (C=O) groups is 1. The van der Waals surface area contributed by atoms with Crippen molar-refractivity contribution >= 4 is 6.03 Å². The van der Waals surface area contributed by atoms with Crippen molar-refractivity contribution < 1.29 is 14.6 Å². The van der Waals surface area contributed by atoms with E-state index in [1.807, 2.05) is 9.80 Å². The van der Waals surface area contributed by atoms with Crippen LogP contribution in [-0.2, 0) is 4.74 Å². The fourth-order valence-corrected chi connectivity index (χ4v) is 3.00. The van der Waals surface area contributed by atoms with Crippen molar-refractivity contribution in [2.45, 2.75) is 38.7 Å². The number of ether oxygens (including phenoxy) is 1. The summed E-state index contributed by atoms with van der Waals surface area (Å²) < 4.78 is 5.52. The first-order chi connectivity index (χ1) is 9.20. The van der Waals surface area contributed by atoms with Gasteiger partial charge in [0, 0.05) is 26.2 Å². The number of urea groups is 1. The molecule has 110 valence electrons. The lowest BCUT2D eigenvalue weighted by atomic mass is 10.0. The quantitative estimate of drug-likeness (QED) is 0.841. The summed E-state index contributed by atoms with van der Waals surface area (Å²) in [4.78, 5) is 16.3. The number of hydrogen-bond donors (Lipinski definition) is 1. The van der Waals surface area contributed by atoms with E-state index in [0.717, 1.165) is 45.4 Å². The first kappa shape index (κ1) is 14.6. The smallest absolute Gasteiger partial charge is 0.320 e. The number of likely N-dealkylation sites (tertiary alicyclic amines) is 2. The van der Waals surface area contributed by atoms with E-state index in [0.29, 0.717) is 12.5 Å². The van der Waals surface area contributed by atoms with E-state index in [1.54, 1.807) is 0 Å². The molecule has 0 aromatic heterocycles. The summed E-state index contributed by atoms with van der Waals surface area (Å²) in [5.74, 6) is 0.628. The summed E-state index contributed by atoms with van der Waals surface area (Å²) in [6, 6.07) is 0.201. The molecule has 0 spiro atoms. The first-order valence-corrected chi connectivity index (χ1v) is 7.47.